The number of hydrogen-bond acceptors (Lipinski definition) is 6. The number of esters is 1. The lowest BCUT2D eigenvalue weighted by molar-refractivity contribution is -0.129. The molecule has 7 nitrogen and oxygen atoms in total. The number of carbonyl (C=O) groups excluding carboxylic acids is 1. The van der Waals surface area contributed by atoms with Crippen LogP contribution in [-0.2, 0) is 16.6 Å². The first-order chi connectivity index (χ1) is 12.1. The van der Waals surface area contributed by atoms with Gasteiger partial charge in [-0.1, -0.05) is 0 Å². The highest BCUT2D eigenvalue weighted by molar-refractivity contribution is 6.13. The van der Waals surface area contributed by atoms with Crippen LogP contribution in [0.1, 0.15) is 11.3 Å². The van der Waals surface area contributed by atoms with Gasteiger partial charge in [0.1, 0.15) is 0 Å². The summed E-state index contributed by atoms with van der Waals surface area (Å²) < 4.78 is 23.1. The maximum absolute atomic E-state index is 12.1. The molecule has 2 aromatic rings. The van der Waals surface area contributed by atoms with Crippen LogP contribution >= 0.6 is 0 Å². The fourth-order valence-electron chi connectivity index (χ4n) is 2.50. The Morgan fingerprint density at radius 1 is 1.12 bits per heavy atom. The van der Waals surface area contributed by atoms with E-state index < -0.39 is 5.97 Å². The van der Waals surface area contributed by atoms with Gasteiger partial charge in [-0.2, -0.15) is 0 Å². The van der Waals surface area contributed by atoms with Crippen LogP contribution in [0.5, 0.6) is 17.2 Å². The van der Waals surface area contributed by atoms with Crippen molar-refractivity contribution in [1.29, 1.82) is 0 Å². The number of methoxy groups -OCH3 is 3. The van der Waals surface area contributed by atoms with Crippen molar-refractivity contribution in [2.75, 3.05) is 21.3 Å². The van der Waals surface area contributed by atoms with Crippen molar-refractivity contribution in [1.82, 2.24) is 4.57 Å². The lowest BCUT2D eigenvalue weighted by Crippen LogP contribution is -2.07. The van der Waals surface area contributed by atoms with Gasteiger partial charge in [0.15, 0.2) is 17.2 Å². The molecule has 0 unspecified atom stereocenters. The van der Waals surface area contributed by atoms with E-state index in [2.05, 4.69) is 4.99 Å². The molecule has 0 saturated heterocycles. The van der Waals surface area contributed by atoms with Crippen LogP contribution in [0.3, 0.4) is 0 Å². The van der Waals surface area contributed by atoms with Gasteiger partial charge < -0.3 is 23.5 Å². The molecule has 0 saturated carbocycles. The molecule has 2 heterocycles. The Morgan fingerprint density at radius 2 is 1.80 bits per heavy atom. The third-order valence-electron chi connectivity index (χ3n) is 3.80. The van der Waals surface area contributed by atoms with Crippen molar-refractivity contribution in [2.24, 2.45) is 12.0 Å². The lowest BCUT2D eigenvalue weighted by Gasteiger charge is -2.13. The molecule has 7 heteroatoms. The molecular formula is C18H18N2O5. The molecule has 0 spiro atoms. The van der Waals surface area contributed by atoms with Crippen LogP contribution in [0, 0.1) is 0 Å². The minimum atomic E-state index is -0.509. The lowest BCUT2D eigenvalue weighted by atomic mass is 10.2. The zero-order chi connectivity index (χ0) is 18.0. The predicted octanol–water partition coefficient (Wildman–Crippen LogP) is 2.40. The molecule has 1 aliphatic heterocycles. The van der Waals surface area contributed by atoms with Crippen molar-refractivity contribution in [3.05, 3.63) is 47.4 Å². The number of aromatic nitrogens is 1. The predicted molar refractivity (Wildman–Crippen MR) is 92.1 cm³/mol. The maximum atomic E-state index is 12.1. The highest BCUT2D eigenvalue weighted by atomic mass is 16.6. The Labute approximate surface area is 145 Å². The number of benzene rings is 1. The van der Waals surface area contributed by atoms with Gasteiger partial charge in [0.05, 0.1) is 21.3 Å². The summed E-state index contributed by atoms with van der Waals surface area (Å²) in [6.07, 6.45) is 3.56. The van der Waals surface area contributed by atoms with Crippen molar-refractivity contribution in [2.45, 2.75) is 0 Å². The summed E-state index contributed by atoms with van der Waals surface area (Å²) in [6, 6.07) is 7.13. The first-order valence-corrected chi connectivity index (χ1v) is 7.51. The quantitative estimate of drug-likeness (QED) is 0.616. The van der Waals surface area contributed by atoms with Crippen LogP contribution < -0.4 is 14.2 Å². The van der Waals surface area contributed by atoms with Crippen LogP contribution in [0.2, 0.25) is 0 Å². The molecule has 25 heavy (non-hydrogen) atoms. The van der Waals surface area contributed by atoms with Gasteiger partial charge >= 0.3 is 5.97 Å². The third kappa shape index (κ3) is 3.08. The van der Waals surface area contributed by atoms with Crippen LogP contribution in [0.15, 0.2) is 41.2 Å². The molecule has 0 N–H and O–H groups in total. The van der Waals surface area contributed by atoms with E-state index in [-0.39, 0.29) is 11.6 Å². The van der Waals surface area contributed by atoms with E-state index in [1.165, 1.54) is 21.3 Å². The third-order valence-corrected chi connectivity index (χ3v) is 3.80. The summed E-state index contributed by atoms with van der Waals surface area (Å²) in [6.45, 7) is 0. The minimum absolute atomic E-state index is 0.185. The molecule has 0 radical (unpaired) electrons. The average molecular weight is 342 g/mol. The molecule has 130 valence electrons. The largest absolute Gasteiger partial charge is 0.493 e. The second-order valence-electron chi connectivity index (χ2n) is 5.29. The summed E-state index contributed by atoms with van der Waals surface area (Å²) in [5.41, 5.74) is 1.63. The van der Waals surface area contributed by atoms with Crippen LogP contribution in [0.4, 0.5) is 0 Å². The number of cyclic esters (lactones) is 1. The topological polar surface area (TPSA) is 71.3 Å². The van der Waals surface area contributed by atoms with E-state index in [9.17, 15) is 4.79 Å². The van der Waals surface area contributed by atoms with Gasteiger partial charge in [0.2, 0.25) is 11.6 Å². The number of ether oxygens (including phenoxy) is 4. The Hall–Kier alpha value is -3.22. The number of carbonyl (C=O) groups is 1. The highest BCUT2D eigenvalue weighted by Crippen LogP contribution is 2.39. The summed E-state index contributed by atoms with van der Waals surface area (Å²) >= 11 is 0. The zero-order valence-electron chi connectivity index (χ0n) is 14.4. The molecule has 0 fully saturated rings. The fraction of sp³-hybridized carbons (Fsp3) is 0.222. The number of aliphatic imine (C=N–C) groups is 1. The monoisotopic (exact) mass is 342 g/mol. The molecule has 1 aromatic heterocycles. The Kier molecular flexibility index (Phi) is 4.47. The van der Waals surface area contributed by atoms with E-state index in [1.54, 1.807) is 18.2 Å². The Balaban J connectivity index is 2.02. The van der Waals surface area contributed by atoms with E-state index in [0.717, 1.165) is 5.69 Å². The van der Waals surface area contributed by atoms with Gasteiger partial charge in [-0.25, -0.2) is 9.79 Å². The summed E-state index contributed by atoms with van der Waals surface area (Å²) in [5.74, 6) is 1.04. The van der Waals surface area contributed by atoms with E-state index in [1.807, 2.05) is 29.9 Å². The second-order valence-corrected chi connectivity index (χ2v) is 5.29. The molecule has 1 aliphatic rings. The normalized spacial score (nSPS) is 15.1. The molecule has 1 aromatic carbocycles. The highest BCUT2D eigenvalue weighted by Gasteiger charge is 2.26. The number of nitrogens with zero attached hydrogens (tertiary/aromatic N) is 2. The molecule has 0 aliphatic carbocycles. The summed E-state index contributed by atoms with van der Waals surface area (Å²) in [4.78, 5) is 16.4. The smallest absolute Gasteiger partial charge is 0.363 e. The SMILES string of the molecule is COc1cc(C2=NC(=Cc3cccn3C)C(=O)O2)cc(OC)c1OC. The van der Waals surface area contributed by atoms with Crippen molar-refractivity contribution >= 4 is 17.9 Å². The minimum Gasteiger partial charge on any atom is -0.493 e. The Bertz CT molecular complexity index is 854. The molecular weight excluding hydrogens is 324 g/mol. The fourth-order valence-corrected chi connectivity index (χ4v) is 2.50. The Morgan fingerprint density at radius 3 is 2.32 bits per heavy atom. The molecule has 0 bridgehead atoms. The van der Waals surface area contributed by atoms with Crippen molar-refractivity contribution in [3.63, 3.8) is 0 Å². The van der Waals surface area contributed by atoms with Crippen molar-refractivity contribution in [3.8, 4) is 17.2 Å². The van der Waals surface area contributed by atoms with Gasteiger partial charge in [0, 0.05) is 24.5 Å². The van der Waals surface area contributed by atoms with Gasteiger partial charge in [-0.05, 0) is 30.3 Å². The number of rotatable bonds is 5. The van der Waals surface area contributed by atoms with E-state index in [4.69, 9.17) is 18.9 Å². The first kappa shape index (κ1) is 16.6. The van der Waals surface area contributed by atoms with E-state index in [0.29, 0.717) is 22.8 Å². The van der Waals surface area contributed by atoms with Crippen molar-refractivity contribution < 1.29 is 23.7 Å². The van der Waals surface area contributed by atoms with E-state index >= 15 is 0 Å². The number of hydrogen-bond donors (Lipinski definition) is 0. The first-order valence-electron chi connectivity index (χ1n) is 7.51. The van der Waals surface area contributed by atoms with Crippen LogP contribution in [0.25, 0.3) is 6.08 Å². The van der Waals surface area contributed by atoms with Gasteiger partial charge in [0.25, 0.3) is 0 Å². The average Bonchev–Trinajstić information content (AvgIpc) is 3.20. The zero-order valence-corrected chi connectivity index (χ0v) is 14.4. The second kappa shape index (κ2) is 6.72. The van der Waals surface area contributed by atoms with Gasteiger partial charge in [-0.15, -0.1) is 0 Å². The van der Waals surface area contributed by atoms with Gasteiger partial charge in [-0.3, -0.25) is 0 Å². The number of aryl methyl sites for hydroxylation is 1. The molecule has 0 atom stereocenters. The molecule has 3 rings (SSSR count). The summed E-state index contributed by atoms with van der Waals surface area (Å²) in [7, 11) is 6.44. The summed E-state index contributed by atoms with van der Waals surface area (Å²) in [5, 5.41) is 0. The maximum Gasteiger partial charge on any atom is 0.363 e. The van der Waals surface area contributed by atoms with Crippen LogP contribution in [-0.4, -0.2) is 37.8 Å². The standard InChI is InChI=1S/C18H18N2O5/c1-20-7-5-6-12(20)10-13-18(21)25-17(19-13)11-8-14(22-2)16(24-4)15(9-11)23-3/h5-10H,1-4H3. The molecule has 0 amide bonds.